The Bertz CT molecular complexity index is 513. The van der Waals surface area contributed by atoms with Crippen LogP contribution in [-0.2, 0) is 6.54 Å². The van der Waals surface area contributed by atoms with Gasteiger partial charge in [-0.15, -0.1) is 0 Å². The molecule has 0 aromatic carbocycles. The maximum atomic E-state index is 8.61. The van der Waals surface area contributed by atoms with Gasteiger partial charge < -0.3 is 0 Å². The van der Waals surface area contributed by atoms with E-state index < -0.39 is 0 Å². The van der Waals surface area contributed by atoms with E-state index in [0.717, 1.165) is 5.69 Å². The van der Waals surface area contributed by atoms with Crippen LogP contribution in [-0.4, -0.2) is 19.7 Å². The lowest BCUT2D eigenvalue weighted by atomic mass is 10.4. The molecule has 5 nitrogen and oxygen atoms in total. The van der Waals surface area contributed by atoms with Crippen molar-refractivity contribution in [2.75, 3.05) is 0 Å². The number of rotatable bonds is 2. The van der Waals surface area contributed by atoms with Crippen molar-refractivity contribution in [3.63, 3.8) is 0 Å². The van der Waals surface area contributed by atoms with Crippen molar-refractivity contribution in [1.82, 2.24) is 19.7 Å². The van der Waals surface area contributed by atoms with Gasteiger partial charge in [0.2, 0.25) is 5.28 Å². The third kappa shape index (κ3) is 2.30. The molecule has 0 aliphatic rings. The highest BCUT2D eigenvalue weighted by molar-refractivity contribution is 6.28. The van der Waals surface area contributed by atoms with Gasteiger partial charge in [0.05, 0.1) is 24.0 Å². The molecule has 0 aliphatic heterocycles. The summed E-state index contributed by atoms with van der Waals surface area (Å²) < 4.78 is 1.62. The number of hydrogen-bond acceptors (Lipinski definition) is 4. The van der Waals surface area contributed by atoms with Crippen LogP contribution in [0.1, 0.15) is 11.3 Å². The number of nitriles is 1. The summed E-state index contributed by atoms with van der Waals surface area (Å²) in [7, 11) is 0. The molecule has 0 N–H and O–H groups in total. The average molecular weight is 220 g/mol. The zero-order chi connectivity index (χ0) is 10.7. The molecule has 0 spiro atoms. The minimum absolute atomic E-state index is 0.208. The van der Waals surface area contributed by atoms with Crippen LogP contribution in [0, 0.1) is 11.3 Å². The summed E-state index contributed by atoms with van der Waals surface area (Å²) in [4.78, 5) is 7.79. The van der Waals surface area contributed by atoms with Gasteiger partial charge in [0.15, 0.2) is 0 Å². The molecule has 0 bridgehead atoms. The summed E-state index contributed by atoms with van der Waals surface area (Å²) in [6, 6.07) is 3.75. The van der Waals surface area contributed by atoms with E-state index >= 15 is 0 Å². The Hall–Kier alpha value is -1.93. The number of halogens is 1. The van der Waals surface area contributed by atoms with Crippen LogP contribution in [0.3, 0.4) is 0 Å². The molecule has 0 aliphatic carbocycles. The van der Waals surface area contributed by atoms with Gasteiger partial charge in [0.1, 0.15) is 6.07 Å². The summed E-state index contributed by atoms with van der Waals surface area (Å²) in [6.07, 6.45) is 4.73. The van der Waals surface area contributed by atoms with Gasteiger partial charge in [-0.3, -0.25) is 4.68 Å². The van der Waals surface area contributed by atoms with Gasteiger partial charge in [-0.25, -0.2) is 9.97 Å². The molecule has 2 rings (SSSR count). The summed E-state index contributed by atoms with van der Waals surface area (Å²) in [5, 5.41) is 12.8. The first-order valence-electron chi connectivity index (χ1n) is 4.18. The van der Waals surface area contributed by atoms with E-state index in [1.807, 2.05) is 6.07 Å². The molecule has 2 aromatic heterocycles. The van der Waals surface area contributed by atoms with Crippen molar-refractivity contribution >= 4 is 11.6 Å². The number of hydrogen-bond donors (Lipinski definition) is 0. The van der Waals surface area contributed by atoms with Crippen LogP contribution in [0.25, 0.3) is 0 Å². The SMILES string of the molecule is N#Cc1cnn(Cc2ccnc(Cl)n2)c1. The van der Waals surface area contributed by atoms with Gasteiger partial charge in [-0.05, 0) is 17.7 Å². The van der Waals surface area contributed by atoms with Crippen molar-refractivity contribution in [3.8, 4) is 6.07 Å². The zero-order valence-corrected chi connectivity index (χ0v) is 8.39. The van der Waals surface area contributed by atoms with Crippen LogP contribution in [0.15, 0.2) is 24.7 Å². The summed E-state index contributed by atoms with van der Waals surface area (Å²) in [5.74, 6) is 0. The predicted octanol–water partition coefficient (Wildman–Crippen LogP) is 1.25. The molecule has 0 amide bonds. The zero-order valence-electron chi connectivity index (χ0n) is 7.63. The molecule has 0 saturated carbocycles. The Morgan fingerprint density at radius 1 is 1.53 bits per heavy atom. The van der Waals surface area contributed by atoms with E-state index in [0.29, 0.717) is 12.1 Å². The third-order valence-electron chi connectivity index (χ3n) is 1.77. The van der Waals surface area contributed by atoms with E-state index in [2.05, 4.69) is 15.1 Å². The Morgan fingerprint density at radius 3 is 3.07 bits per heavy atom. The first-order valence-corrected chi connectivity index (χ1v) is 4.56. The van der Waals surface area contributed by atoms with Gasteiger partial charge in [0.25, 0.3) is 0 Å². The monoisotopic (exact) mass is 219 g/mol. The lowest BCUT2D eigenvalue weighted by Crippen LogP contribution is -2.02. The minimum atomic E-state index is 0.208. The van der Waals surface area contributed by atoms with Crippen molar-refractivity contribution < 1.29 is 0 Å². The first-order chi connectivity index (χ1) is 7.28. The molecule has 0 fully saturated rings. The lowest BCUT2D eigenvalue weighted by molar-refractivity contribution is 0.671. The summed E-state index contributed by atoms with van der Waals surface area (Å²) in [5.41, 5.74) is 1.28. The van der Waals surface area contributed by atoms with Gasteiger partial charge in [0, 0.05) is 12.4 Å². The van der Waals surface area contributed by atoms with Crippen LogP contribution in [0.4, 0.5) is 0 Å². The standard InChI is InChI=1S/C9H6ClN5/c10-9-12-2-1-8(14-9)6-15-5-7(3-11)4-13-15/h1-2,4-5H,6H2. The summed E-state index contributed by atoms with van der Waals surface area (Å²) in [6.45, 7) is 0.476. The van der Waals surface area contributed by atoms with E-state index in [1.165, 1.54) is 6.20 Å². The van der Waals surface area contributed by atoms with Crippen molar-refractivity contribution in [2.24, 2.45) is 0 Å². The number of aromatic nitrogens is 4. The fraction of sp³-hybridized carbons (Fsp3) is 0.111. The van der Waals surface area contributed by atoms with Crippen LogP contribution >= 0.6 is 11.6 Å². The maximum Gasteiger partial charge on any atom is 0.222 e. The Kier molecular flexibility index (Phi) is 2.61. The van der Waals surface area contributed by atoms with Crippen molar-refractivity contribution in [3.05, 3.63) is 41.2 Å². The number of nitrogens with zero attached hydrogens (tertiary/aromatic N) is 5. The molecule has 0 radical (unpaired) electrons. The quantitative estimate of drug-likeness (QED) is 0.713. The fourth-order valence-corrected chi connectivity index (χ4v) is 1.30. The molecule has 0 saturated heterocycles. The largest absolute Gasteiger partial charge is 0.265 e. The maximum absolute atomic E-state index is 8.61. The highest BCUT2D eigenvalue weighted by atomic mass is 35.5. The Morgan fingerprint density at radius 2 is 2.40 bits per heavy atom. The Balaban J connectivity index is 2.19. The van der Waals surface area contributed by atoms with Gasteiger partial charge in [-0.1, -0.05) is 0 Å². The van der Waals surface area contributed by atoms with E-state index in [9.17, 15) is 0 Å². The molecule has 2 heterocycles. The normalized spacial score (nSPS) is 9.87. The molecule has 0 atom stereocenters. The van der Waals surface area contributed by atoms with Crippen molar-refractivity contribution in [2.45, 2.75) is 6.54 Å². The van der Waals surface area contributed by atoms with E-state index in [1.54, 1.807) is 23.1 Å². The Labute approximate surface area is 91.0 Å². The van der Waals surface area contributed by atoms with Crippen LogP contribution in [0.2, 0.25) is 5.28 Å². The highest BCUT2D eigenvalue weighted by Gasteiger charge is 2.00. The smallest absolute Gasteiger partial charge is 0.222 e. The molecule has 0 unspecified atom stereocenters. The van der Waals surface area contributed by atoms with E-state index in [-0.39, 0.29) is 5.28 Å². The first kappa shape index (κ1) is 9.62. The molecule has 15 heavy (non-hydrogen) atoms. The highest BCUT2D eigenvalue weighted by Crippen LogP contribution is 2.03. The second-order valence-electron chi connectivity index (χ2n) is 2.86. The molecule has 6 heteroatoms. The lowest BCUT2D eigenvalue weighted by Gasteiger charge is -1.99. The van der Waals surface area contributed by atoms with Crippen molar-refractivity contribution in [1.29, 1.82) is 5.26 Å². The van der Waals surface area contributed by atoms with Crippen LogP contribution < -0.4 is 0 Å². The third-order valence-corrected chi connectivity index (χ3v) is 1.95. The van der Waals surface area contributed by atoms with E-state index in [4.69, 9.17) is 16.9 Å². The molecular weight excluding hydrogens is 214 g/mol. The molecule has 2 aromatic rings. The fourth-order valence-electron chi connectivity index (χ4n) is 1.13. The summed E-state index contributed by atoms with van der Waals surface area (Å²) >= 11 is 5.64. The van der Waals surface area contributed by atoms with Gasteiger partial charge in [-0.2, -0.15) is 10.4 Å². The average Bonchev–Trinajstić information content (AvgIpc) is 2.65. The molecule has 74 valence electrons. The second-order valence-corrected chi connectivity index (χ2v) is 3.19. The minimum Gasteiger partial charge on any atom is -0.265 e. The molecular formula is C9H6ClN5. The second kappa shape index (κ2) is 4.07. The van der Waals surface area contributed by atoms with Crippen LogP contribution in [0.5, 0.6) is 0 Å². The van der Waals surface area contributed by atoms with Gasteiger partial charge >= 0.3 is 0 Å². The predicted molar refractivity (Wildman–Crippen MR) is 53.1 cm³/mol. The topological polar surface area (TPSA) is 67.4 Å².